The zero-order valence-electron chi connectivity index (χ0n) is 8.73. The Kier molecular flexibility index (Phi) is 4.93. The van der Waals surface area contributed by atoms with Crippen molar-refractivity contribution in [1.82, 2.24) is 10.0 Å². The highest BCUT2D eigenvalue weighted by molar-refractivity contribution is 5.74. The lowest BCUT2D eigenvalue weighted by Gasteiger charge is -2.29. The van der Waals surface area contributed by atoms with Gasteiger partial charge < -0.3 is 10.8 Å². The molecule has 0 heterocycles. The molecule has 0 spiro atoms. The van der Waals surface area contributed by atoms with Crippen LogP contribution in [-0.4, -0.2) is 47.8 Å². The number of aliphatic carboxylic acids is 1. The Morgan fingerprint density at radius 1 is 1.43 bits per heavy atom. The van der Waals surface area contributed by atoms with E-state index in [1.807, 2.05) is 0 Å². The molecule has 0 saturated heterocycles. The predicted molar refractivity (Wildman–Crippen MR) is 51.4 cm³/mol. The molecule has 0 aliphatic rings. The van der Waals surface area contributed by atoms with Crippen molar-refractivity contribution in [2.45, 2.75) is 13.3 Å². The molecule has 6 nitrogen and oxygen atoms in total. The van der Waals surface area contributed by atoms with Crippen LogP contribution >= 0.6 is 0 Å². The van der Waals surface area contributed by atoms with Crippen molar-refractivity contribution in [3.63, 3.8) is 0 Å². The van der Waals surface area contributed by atoms with E-state index in [1.165, 1.54) is 10.0 Å². The molecule has 0 aliphatic heterocycles. The van der Waals surface area contributed by atoms with E-state index in [4.69, 9.17) is 10.8 Å². The Labute approximate surface area is 83.2 Å². The summed E-state index contributed by atoms with van der Waals surface area (Å²) < 4.78 is 0. The zero-order valence-corrected chi connectivity index (χ0v) is 8.73. The smallest absolute Gasteiger partial charge is 0.329 e. The first kappa shape index (κ1) is 12.7. The SMILES string of the molecule is CCC(CN(C(N)=O)N(C)C)C(=O)O. The van der Waals surface area contributed by atoms with Crippen LogP contribution in [0.15, 0.2) is 0 Å². The van der Waals surface area contributed by atoms with E-state index in [-0.39, 0.29) is 6.54 Å². The van der Waals surface area contributed by atoms with E-state index >= 15 is 0 Å². The second-order valence-corrected chi connectivity index (χ2v) is 3.21. The minimum absolute atomic E-state index is 0.105. The van der Waals surface area contributed by atoms with E-state index in [1.54, 1.807) is 21.0 Å². The molecule has 0 aromatic heterocycles. The molecule has 1 atom stereocenters. The van der Waals surface area contributed by atoms with Crippen LogP contribution in [-0.2, 0) is 4.79 Å². The summed E-state index contributed by atoms with van der Waals surface area (Å²) in [6.07, 6.45) is 0.465. The Hall–Kier alpha value is -1.30. The number of nitrogens with two attached hydrogens (primary N) is 1. The van der Waals surface area contributed by atoms with Gasteiger partial charge in [0.2, 0.25) is 0 Å². The van der Waals surface area contributed by atoms with Gasteiger partial charge in [0.1, 0.15) is 0 Å². The number of hydrogen-bond acceptors (Lipinski definition) is 3. The molecule has 3 N–H and O–H groups in total. The van der Waals surface area contributed by atoms with Crippen LogP contribution in [0.25, 0.3) is 0 Å². The Balaban J connectivity index is 4.41. The van der Waals surface area contributed by atoms with Crippen LogP contribution in [0.2, 0.25) is 0 Å². The summed E-state index contributed by atoms with van der Waals surface area (Å²) >= 11 is 0. The largest absolute Gasteiger partial charge is 0.481 e. The molecule has 0 rings (SSSR count). The quantitative estimate of drug-likeness (QED) is 0.613. The van der Waals surface area contributed by atoms with Gasteiger partial charge in [0.15, 0.2) is 0 Å². The van der Waals surface area contributed by atoms with Crippen molar-refractivity contribution >= 4 is 12.0 Å². The van der Waals surface area contributed by atoms with Crippen LogP contribution in [0.1, 0.15) is 13.3 Å². The number of urea groups is 1. The number of hydrogen-bond donors (Lipinski definition) is 2. The molecule has 14 heavy (non-hydrogen) atoms. The van der Waals surface area contributed by atoms with Gasteiger partial charge in [-0.1, -0.05) is 6.92 Å². The molecular weight excluding hydrogens is 186 g/mol. The number of carboxylic acids is 1. The molecule has 6 heteroatoms. The number of nitrogens with zero attached hydrogens (tertiary/aromatic N) is 2. The molecule has 0 fully saturated rings. The van der Waals surface area contributed by atoms with E-state index < -0.39 is 17.9 Å². The Bertz CT molecular complexity index is 218. The number of amides is 2. The minimum atomic E-state index is -0.916. The van der Waals surface area contributed by atoms with Gasteiger partial charge in [0.25, 0.3) is 0 Å². The first-order valence-corrected chi connectivity index (χ1v) is 4.37. The molecule has 0 aromatic rings. The topological polar surface area (TPSA) is 86.9 Å². The van der Waals surface area contributed by atoms with Gasteiger partial charge in [-0.15, -0.1) is 0 Å². The van der Waals surface area contributed by atoms with Gasteiger partial charge in [-0.2, -0.15) is 0 Å². The fourth-order valence-corrected chi connectivity index (χ4v) is 1.04. The maximum Gasteiger partial charge on any atom is 0.329 e. The van der Waals surface area contributed by atoms with Crippen LogP contribution < -0.4 is 5.73 Å². The molecule has 82 valence electrons. The lowest BCUT2D eigenvalue weighted by molar-refractivity contribution is -0.143. The van der Waals surface area contributed by atoms with Crippen LogP contribution in [0.3, 0.4) is 0 Å². The van der Waals surface area contributed by atoms with Crippen molar-refractivity contribution in [1.29, 1.82) is 0 Å². The predicted octanol–water partition coefficient (Wildman–Crippen LogP) is -0.0455. The molecule has 1 unspecified atom stereocenters. The summed E-state index contributed by atoms with van der Waals surface area (Å²) in [6, 6.07) is -0.644. The summed E-state index contributed by atoms with van der Waals surface area (Å²) in [4.78, 5) is 21.6. The van der Waals surface area contributed by atoms with Gasteiger partial charge in [0, 0.05) is 14.1 Å². The van der Waals surface area contributed by atoms with Crippen LogP contribution in [0.5, 0.6) is 0 Å². The van der Waals surface area contributed by atoms with Crippen LogP contribution in [0.4, 0.5) is 4.79 Å². The highest BCUT2D eigenvalue weighted by Gasteiger charge is 2.22. The van der Waals surface area contributed by atoms with Crippen molar-refractivity contribution in [3.05, 3.63) is 0 Å². The minimum Gasteiger partial charge on any atom is -0.481 e. The summed E-state index contributed by atoms with van der Waals surface area (Å²) in [5.74, 6) is -1.49. The third kappa shape index (κ3) is 3.61. The standard InChI is InChI=1S/C8H17N3O3/c1-4-6(7(12)13)5-11(8(9)14)10(2)3/h6H,4-5H2,1-3H3,(H2,9,14)(H,12,13). The Morgan fingerprint density at radius 2 is 1.93 bits per heavy atom. The van der Waals surface area contributed by atoms with Crippen LogP contribution in [0, 0.1) is 5.92 Å². The van der Waals surface area contributed by atoms with E-state index in [9.17, 15) is 9.59 Å². The van der Waals surface area contributed by atoms with Crippen molar-refractivity contribution in [2.24, 2.45) is 11.7 Å². The number of hydrazine groups is 1. The average molecular weight is 203 g/mol. The molecule has 2 amide bonds. The third-order valence-electron chi connectivity index (χ3n) is 1.97. The highest BCUT2D eigenvalue weighted by Crippen LogP contribution is 2.06. The molecule has 0 bridgehead atoms. The van der Waals surface area contributed by atoms with E-state index in [2.05, 4.69) is 0 Å². The second kappa shape index (κ2) is 5.43. The monoisotopic (exact) mass is 203 g/mol. The first-order chi connectivity index (χ1) is 6.40. The van der Waals surface area contributed by atoms with Gasteiger partial charge in [-0.25, -0.2) is 9.80 Å². The number of rotatable bonds is 5. The number of carbonyl (C=O) groups excluding carboxylic acids is 1. The third-order valence-corrected chi connectivity index (χ3v) is 1.97. The lowest BCUT2D eigenvalue weighted by atomic mass is 10.1. The molecule has 0 aliphatic carbocycles. The van der Waals surface area contributed by atoms with E-state index in [0.717, 1.165) is 0 Å². The fourth-order valence-electron chi connectivity index (χ4n) is 1.04. The molecule has 0 aromatic carbocycles. The average Bonchev–Trinajstić information content (AvgIpc) is 2.03. The van der Waals surface area contributed by atoms with Gasteiger partial charge in [0.05, 0.1) is 12.5 Å². The number of carboxylic acid groups (broad SMARTS) is 1. The summed E-state index contributed by atoms with van der Waals surface area (Å²) in [6.45, 7) is 1.86. The number of primary amides is 1. The van der Waals surface area contributed by atoms with E-state index in [0.29, 0.717) is 6.42 Å². The summed E-state index contributed by atoms with van der Waals surface area (Å²) in [7, 11) is 3.28. The maximum atomic E-state index is 10.9. The summed E-state index contributed by atoms with van der Waals surface area (Å²) in [5.41, 5.74) is 5.09. The normalized spacial score (nSPS) is 12.6. The maximum absolute atomic E-state index is 10.9. The summed E-state index contributed by atoms with van der Waals surface area (Å²) in [5, 5.41) is 11.5. The van der Waals surface area contributed by atoms with Crippen molar-refractivity contribution < 1.29 is 14.7 Å². The highest BCUT2D eigenvalue weighted by atomic mass is 16.4. The first-order valence-electron chi connectivity index (χ1n) is 4.37. The number of carbonyl (C=O) groups is 2. The zero-order chi connectivity index (χ0) is 11.3. The van der Waals surface area contributed by atoms with Gasteiger partial charge >= 0.3 is 12.0 Å². The lowest BCUT2D eigenvalue weighted by Crippen LogP contribution is -2.48. The van der Waals surface area contributed by atoms with Gasteiger partial charge in [-0.05, 0) is 6.42 Å². The van der Waals surface area contributed by atoms with Crippen molar-refractivity contribution in [2.75, 3.05) is 20.6 Å². The molecular formula is C8H17N3O3. The van der Waals surface area contributed by atoms with Crippen molar-refractivity contribution in [3.8, 4) is 0 Å². The molecule has 0 saturated carbocycles. The second-order valence-electron chi connectivity index (χ2n) is 3.21. The Morgan fingerprint density at radius 3 is 2.14 bits per heavy atom. The fraction of sp³-hybridized carbons (Fsp3) is 0.750. The van der Waals surface area contributed by atoms with Gasteiger partial charge in [-0.3, -0.25) is 9.80 Å². The molecule has 0 radical (unpaired) electrons.